The van der Waals surface area contributed by atoms with Gasteiger partial charge in [-0.1, -0.05) is 6.08 Å². The first-order chi connectivity index (χ1) is 10.5. The fraction of sp³-hybridized carbons (Fsp3) is 0.133. The molecule has 0 aliphatic carbocycles. The third kappa shape index (κ3) is 3.98. The van der Waals surface area contributed by atoms with Crippen molar-refractivity contribution in [3.05, 3.63) is 55.3 Å². The molecule has 0 aliphatic heterocycles. The van der Waals surface area contributed by atoms with Crippen molar-refractivity contribution >= 4 is 21.5 Å². The second kappa shape index (κ2) is 6.95. The van der Waals surface area contributed by atoms with Crippen LogP contribution < -0.4 is 14.8 Å². The van der Waals surface area contributed by atoms with Crippen molar-refractivity contribution in [2.24, 2.45) is 0 Å². The van der Waals surface area contributed by atoms with Crippen LogP contribution in [-0.2, 0) is 10.0 Å². The number of benzene rings is 1. The molecule has 0 saturated carbocycles. The molecule has 2 N–H and O–H groups in total. The quantitative estimate of drug-likeness (QED) is 0.766. The van der Waals surface area contributed by atoms with E-state index in [1.165, 1.54) is 25.4 Å². The molecule has 22 heavy (non-hydrogen) atoms. The Morgan fingerprint density at radius 3 is 2.50 bits per heavy atom. The zero-order valence-electron chi connectivity index (χ0n) is 12.1. The van der Waals surface area contributed by atoms with E-state index in [0.29, 0.717) is 23.8 Å². The van der Waals surface area contributed by atoms with E-state index >= 15 is 0 Å². The monoisotopic (exact) mass is 319 g/mol. The number of anilines is 2. The molecule has 0 aliphatic rings. The Balaban J connectivity index is 2.12. The molecule has 0 unspecified atom stereocenters. The van der Waals surface area contributed by atoms with Gasteiger partial charge in [0.1, 0.15) is 11.6 Å². The van der Waals surface area contributed by atoms with Crippen LogP contribution in [0.4, 0.5) is 11.5 Å². The summed E-state index contributed by atoms with van der Waals surface area (Å²) < 4.78 is 32.0. The van der Waals surface area contributed by atoms with E-state index < -0.39 is 10.0 Å². The van der Waals surface area contributed by atoms with Crippen LogP contribution in [0.5, 0.6) is 5.75 Å². The fourth-order valence-electron chi connectivity index (χ4n) is 1.70. The normalized spacial score (nSPS) is 10.8. The molecule has 0 amide bonds. The SMILES string of the molecule is C=CCNc1ccc(NS(=O)(=O)c2ccc(OC)cc2)cn1. The van der Waals surface area contributed by atoms with Gasteiger partial charge in [0.15, 0.2) is 0 Å². The van der Waals surface area contributed by atoms with Gasteiger partial charge >= 0.3 is 0 Å². The molecule has 7 heteroatoms. The topological polar surface area (TPSA) is 80.3 Å². The molecule has 2 rings (SSSR count). The first-order valence-corrected chi connectivity index (χ1v) is 8.01. The highest BCUT2D eigenvalue weighted by atomic mass is 32.2. The Hall–Kier alpha value is -2.54. The molecule has 1 aromatic carbocycles. The van der Waals surface area contributed by atoms with E-state index in [1.807, 2.05) is 0 Å². The molecule has 0 bridgehead atoms. The lowest BCUT2D eigenvalue weighted by atomic mass is 10.3. The number of methoxy groups -OCH3 is 1. The van der Waals surface area contributed by atoms with Crippen LogP contribution >= 0.6 is 0 Å². The maximum absolute atomic E-state index is 12.2. The third-order valence-corrected chi connectivity index (χ3v) is 4.21. The van der Waals surface area contributed by atoms with Gasteiger partial charge in [-0.05, 0) is 36.4 Å². The predicted octanol–water partition coefficient (Wildman–Crippen LogP) is 2.49. The molecule has 116 valence electrons. The van der Waals surface area contributed by atoms with Crippen LogP contribution in [0.25, 0.3) is 0 Å². The van der Waals surface area contributed by atoms with Crippen LogP contribution in [0.2, 0.25) is 0 Å². The number of nitrogens with zero attached hydrogens (tertiary/aromatic N) is 1. The second-order valence-electron chi connectivity index (χ2n) is 4.38. The maximum Gasteiger partial charge on any atom is 0.261 e. The smallest absolute Gasteiger partial charge is 0.261 e. The Bertz CT molecular complexity index is 726. The average Bonchev–Trinajstić information content (AvgIpc) is 2.54. The predicted molar refractivity (Wildman–Crippen MR) is 86.7 cm³/mol. The second-order valence-corrected chi connectivity index (χ2v) is 6.07. The Morgan fingerprint density at radius 1 is 1.23 bits per heavy atom. The lowest BCUT2D eigenvalue weighted by Crippen LogP contribution is -2.13. The van der Waals surface area contributed by atoms with Gasteiger partial charge in [-0.25, -0.2) is 13.4 Å². The van der Waals surface area contributed by atoms with E-state index in [1.54, 1.807) is 30.3 Å². The van der Waals surface area contributed by atoms with Gasteiger partial charge in [0.2, 0.25) is 0 Å². The highest BCUT2D eigenvalue weighted by Gasteiger charge is 2.14. The number of hydrogen-bond donors (Lipinski definition) is 2. The highest BCUT2D eigenvalue weighted by Crippen LogP contribution is 2.19. The minimum atomic E-state index is -3.65. The summed E-state index contributed by atoms with van der Waals surface area (Å²) in [6.07, 6.45) is 3.16. The van der Waals surface area contributed by atoms with Crippen LogP contribution in [0.1, 0.15) is 0 Å². The lowest BCUT2D eigenvalue weighted by molar-refractivity contribution is 0.414. The fourth-order valence-corrected chi connectivity index (χ4v) is 2.75. The molecule has 0 spiro atoms. The number of hydrogen-bond acceptors (Lipinski definition) is 5. The lowest BCUT2D eigenvalue weighted by Gasteiger charge is -2.09. The van der Waals surface area contributed by atoms with Crippen LogP contribution in [0.3, 0.4) is 0 Å². The summed E-state index contributed by atoms with van der Waals surface area (Å²) in [6, 6.07) is 9.47. The van der Waals surface area contributed by atoms with Crippen molar-refractivity contribution in [1.82, 2.24) is 4.98 Å². The van der Waals surface area contributed by atoms with Gasteiger partial charge in [-0.15, -0.1) is 6.58 Å². The number of rotatable bonds is 7. The molecule has 0 radical (unpaired) electrons. The van der Waals surface area contributed by atoms with E-state index in [0.717, 1.165) is 0 Å². The summed E-state index contributed by atoms with van der Waals surface area (Å²) in [5, 5.41) is 3.01. The molecule has 1 heterocycles. The average molecular weight is 319 g/mol. The first kappa shape index (κ1) is 15.8. The van der Waals surface area contributed by atoms with Crippen molar-refractivity contribution in [3.8, 4) is 5.75 Å². The zero-order chi connectivity index (χ0) is 16.0. The molecule has 1 aromatic heterocycles. The van der Waals surface area contributed by atoms with E-state index in [-0.39, 0.29) is 4.90 Å². The van der Waals surface area contributed by atoms with Gasteiger partial charge in [-0.3, -0.25) is 4.72 Å². The van der Waals surface area contributed by atoms with Gasteiger partial charge in [-0.2, -0.15) is 0 Å². The van der Waals surface area contributed by atoms with Crippen molar-refractivity contribution in [3.63, 3.8) is 0 Å². The minimum Gasteiger partial charge on any atom is -0.497 e. The minimum absolute atomic E-state index is 0.155. The number of ether oxygens (including phenoxy) is 1. The van der Waals surface area contributed by atoms with Crippen LogP contribution in [-0.4, -0.2) is 27.1 Å². The van der Waals surface area contributed by atoms with Gasteiger partial charge in [0.05, 0.1) is 23.9 Å². The van der Waals surface area contributed by atoms with Crippen LogP contribution in [0, 0.1) is 0 Å². The van der Waals surface area contributed by atoms with E-state index in [2.05, 4.69) is 21.6 Å². The Labute approximate surface area is 129 Å². The zero-order valence-corrected chi connectivity index (χ0v) is 12.9. The summed E-state index contributed by atoms with van der Waals surface area (Å²) in [5.74, 6) is 1.24. The molecular formula is C15H17N3O3S. The van der Waals surface area contributed by atoms with Gasteiger partial charge in [0, 0.05) is 6.54 Å². The summed E-state index contributed by atoms with van der Waals surface area (Å²) in [6.45, 7) is 4.18. The number of pyridine rings is 1. The van der Waals surface area contributed by atoms with Gasteiger partial charge in [0.25, 0.3) is 10.0 Å². The van der Waals surface area contributed by atoms with Gasteiger partial charge < -0.3 is 10.1 Å². The Morgan fingerprint density at radius 2 is 1.95 bits per heavy atom. The Kier molecular flexibility index (Phi) is 5.00. The first-order valence-electron chi connectivity index (χ1n) is 6.53. The largest absolute Gasteiger partial charge is 0.497 e. The maximum atomic E-state index is 12.2. The molecular weight excluding hydrogens is 302 g/mol. The molecule has 0 saturated heterocycles. The van der Waals surface area contributed by atoms with Crippen molar-refractivity contribution in [2.45, 2.75) is 4.90 Å². The molecule has 6 nitrogen and oxygen atoms in total. The van der Waals surface area contributed by atoms with Crippen LogP contribution in [0.15, 0.2) is 60.1 Å². The summed E-state index contributed by atoms with van der Waals surface area (Å²) >= 11 is 0. The number of nitrogens with one attached hydrogen (secondary N) is 2. The molecule has 2 aromatic rings. The van der Waals surface area contributed by atoms with E-state index in [9.17, 15) is 8.42 Å². The molecule has 0 fully saturated rings. The third-order valence-electron chi connectivity index (χ3n) is 2.81. The number of aromatic nitrogens is 1. The summed E-state index contributed by atoms with van der Waals surface area (Å²) in [5.41, 5.74) is 0.389. The number of sulfonamides is 1. The molecule has 0 atom stereocenters. The van der Waals surface area contributed by atoms with Crippen molar-refractivity contribution in [2.75, 3.05) is 23.7 Å². The van der Waals surface area contributed by atoms with E-state index in [4.69, 9.17) is 4.74 Å². The summed E-state index contributed by atoms with van der Waals surface area (Å²) in [7, 11) is -2.13. The highest BCUT2D eigenvalue weighted by molar-refractivity contribution is 7.92. The summed E-state index contributed by atoms with van der Waals surface area (Å²) in [4.78, 5) is 4.27. The van der Waals surface area contributed by atoms with Crippen molar-refractivity contribution in [1.29, 1.82) is 0 Å². The van der Waals surface area contributed by atoms with Crippen molar-refractivity contribution < 1.29 is 13.2 Å². The standard InChI is InChI=1S/C15H17N3O3S/c1-3-10-16-15-9-4-12(11-17-15)18-22(19,20)14-7-5-13(21-2)6-8-14/h3-9,11,18H,1,10H2,2H3,(H,16,17).